The summed E-state index contributed by atoms with van der Waals surface area (Å²) >= 11 is 6.32. The molecular weight excluding hydrogens is 326 g/mol. The Hall–Kier alpha value is -2.11. The van der Waals surface area contributed by atoms with Gasteiger partial charge in [0.25, 0.3) is 5.91 Å². The molecule has 2 aromatic rings. The van der Waals surface area contributed by atoms with E-state index in [1.54, 1.807) is 25.4 Å². The molecular formula is C18H22ClN3O2. The van der Waals surface area contributed by atoms with Gasteiger partial charge in [-0.1, -0.05) is 17.7 Å². The molecule has 0 fully saturated rings. The van der Waals surface area contributed by atoms with Crippen molar-refractivity contribution in [2.24, 2.45) is 0 Å². The third-order valence-electron chi connectivity index (χ3n) is 3.50. The van der Waals surface area contributed by atoms with E-state index in [9.17, 15) is 4.79 Å². The van der Waals surface area contributed by atoms with Crippen molar-refractivity contribution in [1.82, 2.24) is 10.3 Å². The molecule has 0 radical (unpaired) electrons. The number of hydrogen-bond donors (Lipinski definition) is 2. The highest BCUT2D eigenvalue weighted by atomic mass is 35.5. The Labute approximate surface area is 147 Å². The normalized spacial score (nSPS) is 10.5. The molecule has 24 heavy (non-hydrogen) atoms. The maximum absolute atomic E-state index is 12.1. The van der Waals surface area contributed by atoms with Crippen molar-refractivity contribution < 1.29 is 9.53 Å². The molecule has 0 aliphatic rings. The largest absolute Gasteiger partial charge is 0.385 e. The first kappa shape index (κ1) is 18.2. The van der Waals surface area contributed by atoms with E-state index in [1.165, 1.54) is 0 Å². The number of nitrogens with one attached hydrogen (secondary N) is 2. The van der Waals surface area contributed by atoms with E-state index in [1.807, 2.05) is 19.9 Å². The molecule has 0 bridgehead atoms. The molecule has 6 heteroatoms. The van der Waals surface area contributed by atoms with Gasteiger partial charge in [0.05, 0.1) is 10.7 Å². The number of hydrogen-bond acceptors (Lipinski definition) is 4. The first-order valence-corrected chi connectivity index (χ1v) is 8.16. The van der Waals surface area contributed by atoms with E-state index in [2.05, 4.69) is 21.7 Å². The summed E-state index contributed by atoms with van der Waals surface area (Å²) in [5.74, 6) is -0.207. The quantitative estimate of drug-likeness (QED) is 0.746. The van der Waals surface area contributed by atoms with Gasteiger partial charge in [-0.15, -0.1) is 0 Å². The number of nitrogens with zero attached hydrogens (tertiary/aromatic N) is 1. The van der Waals surface area contributed by atoms with Gasteiger partial charge in [-0.25, -0.2) is 0 Å². The molecule has 0 spiro atoms. The lowest BCUT2D eigenvalue weighted by Gasteiger charge is -2.13. The number of benzene rings is 1. The molecule has 1 heterocycles. The highest BCUT2D eigenvalue weighted by molar-refractivity contribution is 6.33. The molecule has 0 unspecified atom stereocenters. The molecule has 5 nitrogen and oxygen atoms in total. The standard InChI is InChI=1S/C18H22ClN3O2/c1-12-9-13(2)17(15(19)10-12)22-14-5-7-20-16(11-14)18(23)21-6-4-8-24-3/h5,7,9-11H,4,6,8H2,1-3H3,(H,20,22)(H,21,23). The van der Waals surface area contributed by atoms with Crippen LogP contribution in [0.3, 0.4) is 0 Å². The van der Waals surface area contributed by atoms with Crippen LogP contribution in [0.1, 0.15) is 28.0 Å². The van der Waals surface area contributed by atoms with Crippen molar-refractivity contribution in [1.29, 1.82) is 0 Å². The molecule has 128 valence electrons. The second-order valence-electron chi connectivity index (χ2n) is 5.60. The molecule has 0 aliphatic heterocycles. The molecule has 0 saturated carbocycles. The summed E-state index contributed by atoms with van der Waals surface area (Å²) in [4.78, 5) is 16.2. The van der Waals surface area contributed by atoms with E-state index >= 15 is 0 Å². The van der Waals surface area contributed by atoms with Crippen LogP contribution >= 0.6 is 11.6 Å². The number of methoxy groups -OCH3 is 1. The average Bonchev–Trinajstić information content (AvgIpc) is 2.55. The van der Waals surface area contributed by atoms with Gasteiger partial charge in [0.15, 0.2) is 0 Å². The number of anilines is 2. The Morgan fingerprint density at radius 2 is 2.08 bits per heavy atom. The number of carbonyl (C=O) groups is 1. The topological polar surface area (TPSA) is 63.2 Å². The van der Waals surface area contributed by atoms with Gasteiger partial charge in [-0.2, -0.15) is 0 Å². The fourth-order valence-electron chi connectivity index (χ4n) is 2.36. The number of halogens is 1. The zero-order chi connectivity index (χ0) is 17.5. The van der Waals surface area contributed by atoms with Crippen LogP contribution < -0.4 is 10.6 Å². The molecule has 2 N–H and O–H groups in total. The van der Waals surface area contributed by atoms with E-state index in [4.69, 9.17) is 16.3 Å². The molecule has 0 aliphatic carbocycles. The minimum Gasteiger partial charge on any atom is -0.385 e. The number of rotatable bonds is 7. The van der Waals surface area contributed by atoms with E-state index in [0.29, 0.717) is 23.9 Å². The zero-order valence-corrected chi connectivity index (χ0v) is 14.9. The summed E-state index contributed by atoms with van der Waals surface area (Å²) < 4.78 is 4.96. The van der Waals surface area contributed by atoms with Crippen LogP contribution in [0, 0.1) is 13.8 Å². The van der Waals surface area contributed by atoms with Crippen molar-refractivity contribution in [3.05, 3.63) is 52.3 Å². The lowest BCUT2D eigenvalue weighted by Crippen LogP contribution is -2.26. The third-order valence-corrected chi connectivity index (χ3v) is 3.80. The SMILES string of the molecule is COCCCNC(=O)c1cc(Nc2c(C)cc(C)cc2Cl)ccn1. The Morgan fingerprint density at radius 3 is 2.79 bits per heavy atom. The molecule has 1 aromatic heterocycles. The van der Waals surface area contributed by atoms with Crippen molar-refractivity contribution in [2.45, 2.75) is 20.3 Å². The number of pyridine rings is 1. The summed E-state index contributed by atoms with van der Waals surface area (Å²) in [5, 5.41) is 6.74. The number of ether oxygens (including phenoxy) is 1. The van der Waals surface area contributed by atoms with Gasteiger partial charge < -0.3 is 15.4 Å². The summed E-state index contributed by atoms with van der Waals surface area (Å²) in [6.07, 6.45) is 2.36. The van der Waals surface area contributed by atoms with Crippen molar-refractivity contribution in [3.63, 3.8) is 0 Å². The minimum atomic E-state index is -0.207. The summed E-state index contributed by atoms with van der Waals surface area (Å²) in [5.41, 5.74) is 4.11. The lowest BCUT2D eigenvalue weighted by molar-refractivity contribution is 0.0943. The Bertz CT molecular complexity index is 696. The smallest absolute Gasteiger partial charge is 0.269 e. The van der Waals surface area contributed by atoms with E-state index in [0.717, 1.165) is 28.9 Å². The maximum atomic E-state index is 12.1. The minimum absolute atomic E-state index is 0.207. The molecule has 0 atom stereocenters. The second kappa shape index (κ2) is 8.66. The summed E-state index contributed by atoms with van der Waals surface area (Å²) in [6.45, 7) is 5.16. The number of aryl methyl sites for hydroxylation is 2. The predicted molar refractivity (Wildman–Crippen MR) is 97.3 cm³/mol. The number of amides is 1. The molecule has 0 saturated heterocycles. The van der Waals surface area contributed by atoms with Gasteiger partial charge in [0, 0.05) is 32.1 Å². The molecule has 1 amide bonds. The lowest BCUT2D eigenvalue weighted by atomic mass is 10.1. The third kappa shape index (κ3) is 4.94. The van der Waals surface area contributed by atoms with Crippen LogP contribution in [0.15, 0.2) is 30.5 Å². The van der Waals surface area contributed by atoms with Crippen molar-refractivity contribution in [2.75, 3.05) is 25.6 Å². The van der Waals surface area contributed by atoms with Crippen LogP contribution in [0.4, 0.5) is 11.4 Å². The van der Waals surface area contributed by atoms with E-state index < -0.39 is 0 Å². The highest BCUT2D eigenvalue weighted by Crippen LogP contribution is 2.30. The second-order valence-corrected chi connectivity index (χ2v) is 6.00. The first-order chi connectivity index (χ1) is 11.5. The zero-order valence-electron chi connectivity index (χ0n) is 14.1. The van der Waals surface area contributed by atoms with Crippen molar-refractivity contribution in [3.8, 4) is 0 Å². The van der Waals surface area contributed by atoms with Gasteiger partial charge in [0.1, 0.15) is 5.69 Å². The molecule has 2 rings (SSSR count). The Morgan fingerprint density at radius 1 is 1.29 bits per heavy atom. The summed E-state index contributed by atoms with van der Waals surface area (Å²) in [7, 11) is 1.64. The number of carbonyl (C=O) groups excluding carboxylic acids is 1. The average molecular weight is 348 g/mol. The van der Waals surface area contributed by atoms with Crippen LogP contribution in [0.5, 0.6) is 0 Å². The van der Waals surface area contributed by atoms with Gasteiger partial charge in [-0.05, 0) is 49.6 Å². The van der Waals surface area contributed by atoms with Gasteiger partial charge >= 0.3 is 0 Å². The van der Waals surface area contributed by atoms with Crippen LogP contribution in [0.25, 0.3) is 0 Å². The maximum Gasteiger partial charge on any atom is 0.269 e. The van der Waals surface area contributed by atoms with Crippen LogP contribution in [-0.4, -0.2) is 31.2 Å². The predicted octanol–water partition coefficient (Wildman–Crippen LogP) is 3.86. The van der Waals surface area contributed by atoms with Gasteiger partial charge in [-0.3, -0.25) is 9.78 Å². The summed E-state index contributed by atoms with van der Waals surface area (Å²) in [6, 6.07) is 7.47. The van der Waals surface area contributed by atoms with Crippen LogP contribution in [0.2, 0.25) is 5.02 Å². The Balaban J connectivity index is 2.09. The fraction of sp³-hybridized carbons (Fsp3) is 0.333. The van der Waals surface area contributed by atoms with Gasteiger partial charge in [0.2, 0.25) is 0 Å². The van der Waals surface area contributed by atoms with Crippen molar-refractivity contribution >= 4 is 28.9 Å². The fourth-order valence-corrected chi connectivity index (χ4v) is 2.73. The monoisotopic (exact) mass is 347 g/mol. The molecule has 1 aromatic carbocycles. The Kier molecular flexibility index (Phi) is 6.58. The van der Waals surface area contributed by atoms with Crippen LogP contribution in [-0.2, 0) is 4.74 Å². The van der Waals surface area contributed by atoms with E-state index in [-0.39, 0.29) is 5.91 Å². The first-order valence-electron chi connectivity index (χ1n) is 7.78. The number of aromatic nitrogens is 1. The highest BCUT2D eigenvalue weighted by Gasteiger charge is 2.10.